The molecule has 30 heavy (non-hydrogen) atoms. The first-order chi connectivity index (χ1) is 14.6. The Morgan fingerprint density at radius 3 is 2.90 bits per heavy atom. The second kappa shape index (κ2) is 8.00. The van der Waals surface area contributed by atoms with Crippen molar-refractivity contribution in [2.75, 3.05) is 5.32 Å². The van der Waals surface area contributed by atoms with Crippen LogP contribution in [0.4, 0.5) is 10.3 Å². The molecular weight excluding hydrogens is 467 g/mol. The number of anilines is 1. The van der Waals surface area contributed by atoms with Crippen molar-refractivity contribution in [2.45, 2.75) is 36.2 Å². The highest BCUT2D eigenvalue weighted by Crippen LogP contribution is 2.41. The van der Waals surface area contributed by atoms with Gasteiger partial charge in [0.1, 0.15) is 11.9 Å². The monoisotopic (exact) mass is 484 g/mol. The molecule has 3 aromatic rings. The maximum absolute atomic E-state index is 13.5. The van der Waals surface area contributed by atoms with Gasteiger partial charge in [0.15, 0.2) is 5.78 Å². The highest BCUT2D eigenvalue weighted by molar-refractivity contribution is 9.10. The van der Waals surface area contributed by atoms with E-state index in [0.717, 1.165) is 39.7 Å². The molecule has 1 atom stereocenters. The van der Waals surface area contributed by atoms with Gasteiger partial charge in [-0.2, -0.15) is 4.98 Å². The maximum atomic E-state index is 13.5. The number of allylic oxidation sites excluding steroid dienone is 2. The fraction of sp³-hybridized carbons (Fsp3) is 0.227. The normalized spacial score (nSPS) is 18.1. The lowest BCUT2D eigenvalue weighted by atomic mass is 9.85. The maximum Gasteiger partial charge on any atom is 0.227 e. The summed E-state index contributed by atoms with van der Waals surface area (Å²) < 4.78 is 16.2. The van der Waals surface area contributed by atoms with Gasteiger partial charge in [-0.15, -0.1) is 5.10 Å². The van der Waals surface area contributed by atoms with Crippen LogP contribution in [0.25, 0.3) is 0 Å². The highest BCUT2D eigenvalue weighted by atomic mass is 79.9. The molecular formula is C22H18BrFN4OS. The van der Waals surface area contributed by atoms with Gasteiger partial charge in [0, 0.05) is 27.9 Å². The zero-order chi connectivity index (χ0) is 20.7. The van der Waals surface area contributed by atoms with Crippen molar-refractivity contribution in [3.63, 3.8) is 0 Å². The Balaban J connectivity index is 1.51. The van der Waals surface area contributed by atoms with Gasteiger partial charge >= 0.3 is 0 Å². The minimum atomic E-state index is -0.308. The average Bonchev–Trinajstić information content (AvgIpc) is 3.13. The standard InChI is InChI=1S/C22H18BrFN4OS/c23-15-6-2-5-14(11-15)20-19-17(8-3-9-18(19)29)25-21-26-22(27-28(20)21)30-12-13-4-1-7-16(24)10-13/h1-2,4-7,10-11,20H,3,8-9,12H2,(H,25,26,27)/t20-/m1/s1. The van der Waals surface area contributed by atoms with Crippen molar-refractivity contribution in [2.24, 2.45) is 0 Å². The quantitative estimate of drug-likeness (QED) is 0.495. The molecule has 8 heteroatoms. The zero-order valence-electron chi connectivity index (χ0n) is 15.9. The lowest BCUT2D eigenvalue weighted by Gasteiger charge is -2.32. The summed E-state index contributed by atoms with van der Waals surface area (Å²) in [4.78, 5) is 17.5. The number of rotatable bonds is 4. The molecule has 2 aliphatic rings. The van der Waals surface area contributed by atoms with Gasteiger partial charge in [-0.05, 0) is 48.2 Å². The lowest BCUT2D eigenvalue weighted by molar-refractivity contribution is -0.116. The van der Waals surface area contributed by atoms with Crippen molar-refractivity contribution in [1.82, 2.24) is 14.8 Å². The van der Waals surface area contributed by atoms with Gasteiger partial charge in [-0.1, -0.05) is 52.0 Å². The van der Waals surface area contributed by atoms with Gasteiger partial charge < -0.3 is 5.32 Å². The number of nitrogens with zero attached hydrogens (tertiary/aromatic N) is 3. The number of aromatic nitrogens is 3. The summed E-state index contributed by atoms with van der Waals surface area (Å²) in [6, 6.07) is 14.2. The summed E-state index contributed by atoms with van der Waals surface area (Å²) in [5, 5.41) is 8.64. The molecule has 5 nitrogen and oxygen atoms in total. The summed E-state index contributed by atoms with van der Waals surface area (Å²) in [5.41, 5.74) is 3.58. The number of fused-ring (bicyclic) bond motifs is 1. The molecule has 1 aliphatic heterocycles. The van der Waals surface area contributed by atoms with Crippen molar-refractivity contribution in [3.8, 4) is 0 Å². The number of carbonyl (C=O) groups excluding carboxylic acids is 1. The van der Waals surface area contributed by atoms with Crippen LogP contribution in [0.3, 0.4) is 0 Å². The van der Waals surface area contributed by atoms with Gasteiger partial charge in [-0.25, -0.2) is 9.07 Å². The number of benzene rings is 2. The molecule has 0 fully saturated rings. The molecule has 0 saturated heterocycles. The molecule has 0 bridgehead atoms. The number of ketones is 1. The van der Waals surface area contributed by atoms with E-state index in [9.17, 15) is 9.18 Å². The molecule has 1 aromatic heterocycles. The Bertz CT molecular complexity index is 1180. The number of carbonyl (C=O) groups is 1. The van der Waals surface area contributed by atoms with E-state index in [1.54, 1.807) is 10.7 Å². The average molecular weight is 485 g/mol. The Labute approximate surface area is 185 Å². The van der Waals surface area contributed by atoms with Crippen LogP contribution >= 0.6 is 27.7 Å². The summed E-state index contributed by atoms with van der Waals surface area (Å²) in [6.07, 6.45) is 2.21. The van der Waals surface area contributed by atoms with Crippen molar-refractivity contribution < 1.29 is 9.18 Å². The SMILES string of the molecule is O=C1CCCC2=C1[C@@H](c1cccc(Br)c1)n1nc(SCc3cccc(F)c3)nc1N2. The molecule has 152 valence electrons. The van der Waals surface area contributed by atoms with Crippen LogP contribution in [0.2, 0.25) is 0 Å². The lowest BCUT2D eigenvalue weighted by Crippen LogP contribution is -2.31. The van der Waals surface area contributed by atoms with Crippen molar-refractivity contribution in [3.05, 3.63) is 81.2 Å². The minimum Gasteiger partial charge on any atom is -0.328 e. The van der Waals surface area contributed by atoms with Crippen LogP contribution in [0.5, 0.6) is 0 Å². The Hall–Kier alpha value is -2.45. The summed E-state index contributed by atoms with van der Waals surface area (Å²) in [5.74, 6) is 1.10. The number of nitrogens with one attached hydrogen (secondary N) is 1. The molecule has 1 aliphatic carbocycles. The van der Waals surface area contributed by atoms with Gasteiger partial charge in [0.25, 0.3) is 0 Å². The van der Waals surface area contributed by atoms with Crippen LogP contribution in [-0.2, 0) is 10.5 Å². The van der Waals surface area contributed by atoms with Gasteiger partial charge in [-0.3, -0.25) is 4.79 Å². The third kappa shape index (κ3) is 3.70. The Kier molecular flexibility index (Phi) is 5.20. The summed E-state index contributed by atoms with van der Waals surface area (Å²) in [7, 11) is 0. The molecule has 5 rings (SSSR count). The predicted molar refractivity (Wildman–Crippen MR) is 118 cm³/mol. The second-order valence-electron chi connectivity index (χ2n) is 7.33. The molecule has 0 unspecified atom stereocenters. The number of thioether (sulfide) groups is 1. The first kappa shape index (κ1) is 19.5. The third-order valence-electron chi connectivity index (χ3n) is 5.27. The highest BCUT2D eigenvalue weighted by Gasteiger charge is 2.36. The zero-order valence-corrected chi connectivity index (χ0v) is 18.3. The molecule has 0 radical (unpaired) electrons. The minimum absolute atomic E-state index is 0.156. The van der Waals surface area contributed by atoms with E-state index in [-0.39, 0.29) is 17.6 Å². The largest absolute Gasteiger partial charge is 0.328 e. The number of hydrogen-bond acceptors (Lipinski definition) is 5. The van der Waals surface area contributed by atoms with Crippen LogP contribution in [0.1, 0.15) is 36.4 Å². The van der Waals surface area contributed by atoms with E-state index in [0.29, 0.717) is 23.3 Å². The fourth-order valence-corrected chi connectivity index (χ4v) is 5.15. The summed E-state index contributed by atoms with van der Waals surface area (Å²) in [6.45, 7) is 0. The van der Waals surface area contributed by atoms with Gasteiger partial charge in [0.2, 0.25) is 11.1 Å². The van der Waals surface area contributed by atoms with Crippen LogP contribution < -0.4 is 5.32 Å². The van der Waals surface area contributed by atoms with Crippen LogP contribution in [-0.4, -0.2) is 20.5 Å². The molecule has 0 amide bonds. The number of hydrogen-bond donors (Lipinski definition) is 1. The molecule has 0 spiro atoms. The first-order valence-electron chi connectivity index (χ1n) is 9.71. The van der Waals surface area contributed by atoms with E-state index < -0.39 is 0 Å². The van der Waals surface area contributed by atoms with E-state index in [1.807, 2.05) is 30.3 Å². The van der Waals surface area contributed by atoms with Crippen LogP contribution in [0.15, 0.2) is 69.4 Å². The van der Waals surface area contributed by atoms with E-state index in [4.69, 9.17) is 5.10 Å². The molecule has 1 N–H and O–H groups in total. The number of halogens is 2. The first-order valence-corrected chi connectivity index (χ1v) is 11.5. The predicted octanol–water partition coefficient (Wildman–Crippen LogP) is 5.49. The molecule has 2 aromatic carbocycles. The van der Waals surface area contributed by atoms with E-state index in [1.165, 1.54) is 23.9 Å². The number of Topliss-reactive ketones (excluding diaryl/α,β-unsaturated/α-hetero) is 1. The summed E-state index contributed by atoms with van der Waals surface area (Å²) >= 11 is 4.98. The second-order valence-corrected chi connectivity index (χ2v) is 9.19. The third-order valence-corrected chi connectivity index (χ3v) is 6.67. The Morgan fingerprint density at radius 1 is 1.20 bits per heavy atom. The molecule has 0 saturated carbocycles. The fourth-order valence-electron chi connectivity index (χ4n) is 3.96. The van der Waals surface area contributed by atoms with Crippen molar-refractivity contribution in [1.29, 1.82) is 0 Å². The van der Waals surface area contributed by atoms with Crippen molar-refractivity contribution >= 4 is 39.4 Å². The van der Waals surface area contributed by atoms with Gasteiger partial charge in [0.05, 0.1) is 0 Å². The van der Waals surface area contributed by atoms with E-state index in [2.05, 4.69) is 26.2 Å². The Morgan fingerprint density at radius 2 is 2.07 bits per heavy atom. The van der Waals surface area contributed by atoms with Crippen LogP contribution in [0, 0.1) is 5.82 Å². The smallest absolute Gasteiger partial charge is 0.227 e. The molecule has 2 heterocycles. The topological polar surface area (TPSA) is 59.8 Å². The van der Waals surface area contributed by atoms with E-state index >= 15 is 0 Å².